The first-order chi connectivity index (χ1) is 11.3. The molecule has 9 heteroatoms. The van der Waals surface area contributed by atoms with Crippen LogP contribution in [0.5, 0.6) is 0 Å². The predicted octanol–water partition coefficient (Wildman–Crippen LogP) is 2.41. The van der Waals surface area contributed by atoms with Gasteiger partial charge in [0.2, 0.25) is 0 Å². The third-order valence-electron chi connectivity index (χ3n) is 3.46. The lowest BCUT2D eigenvalue weighted by Gasteiger charge is -2.35. The Morgan fingerprint density at radius 2 is 1.88 bits per heavy atom. The van der Waals surface area contributed by atoms with Gasteiger partial charge in [-0.05, 0) is 5.56 Å². The number of hydrogen-bond acceptors (Lipinski definition) is 3. The van der Waals surface area contributed by atoms with E-state index in [1.807, 2.05) is 0 Å². The van der Waals surface area contributed by atoms with Gasteiger partial charge in [-0.3, -0.25) is 4.79 Å². The molecule has 1 saturated heterocycles. The van der Waals surface area contributed by atoms with Crippen LogP contribution in [-0.2, 0) is 16.1 Å². The summed E-state index contributed by atoms with van der Waals surface area (Å²) < 4.78 is 55.8. The second-order valence-corrected chi connectivity index (χ2v) is 5.44. The molecule has 0 spiro atoms. The fraction of sp³-hybridized carbons (Fsp3) is 0.467. The molecule has 24 heavy (non-hydrogen) atoms. The average molecular weight is 348 g/mol. The molecule has 1 aromatic carbocycles. The first-order valence-corrected chi connectivity index (χ1v) is 7.23. The number of ether oxygens (including phenoxy) is 1. The predicted molar refractivity (Wildman–Crippen MR) is 75.7 cm³/mol. The van der Waals surface area contributed by atoms with Crippen LogP contribution in [-0.4, -0.2) is 48.4 Å². The molecule has 132 valence electrons. The first-order valence-electron chi connectivity index (χ1n) is 7.23. The van der Waals surface area contributed by atoms with Crippen molar-refractivity contribution >= 4 is 12.0 Å². The maximum absolute atomic E-state index is 13.6. The van der Waals surface area contributed by atoms with Gasteiger partial charge < -0.3 is 15.0 Å². The molecule has 1 N–H and O–H groups in total. The van der Waals surface area contributed by atoms with Crippen LogP contribution < -0.4 is 5.32 Å². The Hall–Kier alpha value is -2.32. The van der Waals surface area contributed by atoms with Gasteiger partial charge in [0, 0.05) is 13.0 Å². The van der Waals surface area contributed by atoms with Crippen molar-refractivity contribution in [3.05, 3.63) is 35.9 Å². The third kappa shape index (κ3) is 5.10. The number of nitrogens with one attached hydrogen (secondary N) is 1. The van der Waals surface area contributed by atoms with E-state index in [0.29, 0.717) is 4.90 Å². The zero-order chi connectivity index (χ0) is 17.7. The molecule has 1 aliphatic rings. The summed E-state index contributed by atoms with van der Waals surface area (Å²) in [5, 5.41) is 2.29. The van der Waals surface area contributed by atoms with Crippen LogP contribution in [0.4, 0.5) is 22.4 Å². The van der Waals surface area contributed by atoms with Gasteiger partial charge in [-0.1, -0.05) is 30.3 Å². The van der Waals surface area contributed by atoms with E-state index in [1.165, 1.54) is 0 Å². The summed E-state index contributed by atoms with van der Waals surface area (Å²) in [6, 6.07) is 7.82. The number of benzene rings is 1. The number of alkyl halides is 4. The van der Waals surface area contributed by atoms with Gasteiger partial charge >= 0.3 is 18.2 Å². The minimum Gasteiger partial charge on any atom is -0.445 e. The number of carbonyl (C=O) groups is 2. The highest BCUT2D eigenvalue weighted by atomic mass is 19.4. The Balaban J connectivity index is 1.86. The third-order valence-corrected chi connectivity index (χ3v) is 3.46. The quantitative estimate of drug-likeness (QED) is 0.854. The molecule has 2 unspecified atom stereocenters. The Kier molecular flexibility index (Phi) is 5.63. The Bertz CT molecular complexity index is 580. The molecule has 1 aromatic rings. The first kappa shape index (κ1) is 18.0. The smallest absolute Gasteiger partial charge is 0.445 e. The zero-order valence-corrected chi connectivity index (χ0v) is 12.6. The second-order valence-electron chi connectivity index (χ2n) is 5.44. The molecule has 0 saturated carbocycles. The van der Waals surface area contributed by atoms with Gasteiger partial charge in [0.15, 0.2) is 0 Å². The highest BCUT2D eigenvalue weighted by Gasteiger charge is 2.45. The minimum absolute atomic E-state index is 0.0242. The van der Waals surface area contributed by atoms with E-state index in [4.69, 9.17) is 4.74 Å². The maximum Gasteiger partial charge on any atom is 0.471 e. The summed E-state index contributed by atoms with van der Waals surface area (Å²) in [7, 11) is 0. The number of likely N-dealkylation sites (tertiary alicyclic amines) is 1. The van der Waals surface area contributed by atoms with E-state index in [9.17, 15) is 27.2 Å². The highest BCUT2D eigenvalue weighted by molar-refractivity contribution is 5.82. The molecular formula is C15H16F4N2O3. The van der Waals surface area contributed by atoms with Crippen molar-refractivity contribution in [2.24, 2.45) is 0 Å². The van der Waals surface area contributed by atoms with Crippen LogP contribution in [0.15, 0.2) is 30.3 Å². The largest absolute Gasteiger partial charge is 0.471 e. The highest BCUT2D eigenvalue weighted by Crippen LogP contribution is 2.22. The Labute approximate surface area is 135 Å². The van der Waals surface area contributed by atoms with Crippen molar-refractivity contribution in [1.82, 2.24) is 10.2 Å². The van der Waals surface area contributed by atoms with Crippen LogP contribution in [0, 0.1) is 0 Å². The van der Waals surface area contributed by atoms with Crippen LogP contribution in [0.3, 0.4) is 0 Å². The molecule has 2 amide bonds. The summed E-state index contributed by atoms with van der Waals surface area (Å²) in [6.07, 6.45) is -7.78. The van der Waals surface area contributed by atoms with Gasteiger partial charge in [-0.2, -0.15) is 13.2 Å². The molecule has 0 aliphatic carbocycles. The number of piperidine rings is 1. The fourth-order valence-corrected chi connectivity index (χ4v) is 2.42. The normalized spacial score (nSPS) is 21.2. The van der Waals surface area contributed by atoms with Crippen molar-refractivity contribution in [2.75, 3.05) is 13.1 Å². The molecule has 2 rings (SSSR count). The van der Waals surface area contributed by atoms with Crippen LogP contribution in [0.25, 0.3) is 0 Å². The van der Waals surface area contributed by atoms with E-state index >= 15 is 0 Å². The van der Waals surface area contributed by atoms with E-state index < -0.39 is 43.5 Å². The lowest BCUT2D eigenvalue weighted by molar-refractivity contribution is -0.187. The molecule has 2 atom stereocenters. The molecule has 1 aliphatic heterocycles. The summed E-state index contributed by atoms with van der Waals surface area (Å²) >= 11 is 0. The SMILES string of the molecule is O=C(NC1CC(F)CN(C(=O)C(F)(F)F)C1)OCc1ccccc1. The van der Waals surface area contributed by atoms with E-state index in [2.05, 4.69) is 5.32 Å². The molecule has 0 radical (unpaired) electrons. The van der Waals surface area contributed by atoms with Crippen molar-refractivity contribution in [2.45, 2.75) is 31.4 Å². The van der Waals surface area contributed by atoms with Crippen molar-refractivity contribution in [1.29, 1.82) is 0 Å². The topological polar surface area (TPSA) is 58.6 Å². The summed E-state index contributed by atoms with van der Waals surface area (Å²) in [4.78, 5) is 23.2. The number of halogens is 4. The lowest BCUT2D eigenvalue weighted by Crippen LogP contribution is -2.56. The maximum atomic E-state index is 13.6. The van der Waals surface area contributed by atoms with Crippen molar-refractivity contribution < 1.29 is 31.9 Å². The molecule has 0 bridgehead atoms. The second kappa shape index (κ2) is 7.50. The van der Waals surface area contributed by atoms with Crippen molar-refractivity contribution in [3.63, 3.8) is 0 Å². The standard InChI is InChI=1S/C15H16F4N2O3/c16-11-6-12(8-21(7-11)13(22)15(17,18)19)20-14(23)24-9-10-4-2-1-3-5-10/h1-5,11-12H,6-9H2,(H,20,23). The summed E-state index contributed by atoms with van der Waals surface area (Å²) in [5.74, 6) is -2.12. The van der Waals surface area contributed by atoms with Gasteiger partial charge in [0.05, 0.1) is 12.6 Å². The number of nitrogens with zero attached hydrogens (tertiary/aromatic N) is 1. The van der Waals surface area contributed by atoms with Crippen LogP contribution >= 0.6 is 0 Å². The Morgan fingerprint density at radius 1 is 1.21 bits per heavy atom. The minimum atomic E-state index is -5.07. The number of alkyl carbamates (subject to hydrolysis) is 1. The Morgan fingerprint density at radius 3 is 2.50 bits per heavy atom. The molecular weight excluding hydrogens is 332 g/mol. The van der Waals surface area contributed by atoms with Crippen LogP contribution in [0.2, 0.25) is 0 Å². The molecule has 1 fully saturated rings. The number of rotatable bonds is 3. The van der Waals surface area contributed by atoms with E-state index in [0.717, 1.165) is 5.56 Å². The summed E-state index contributed by atoms with van der Waals surface area (Å²) in [6.45, 7) is -1.08. The molecule has 0 aromatic heterocycles. The molecule has 1 heterocycles. The number of hydrogen-bond donors (Lipinski definition) is 1. The van der Waals surface area contributed by atoms with Crippen molar-refractivity contribution in [3.8, 4) is 0 Å². The monoisotopic (exact) mass is 348 g/mol. The zero-order valence-electron chi connectivity index (χ0n) is 12.6. The van der Waals surface area contributed by atoms with Gasteiger partial charge in [0.25, 0.3) is 0 Å². The summed E-state index contributed by atoms with van der Waals surface area (Å²) in [5.41, 5.74) is 0.730. The lowest BCUT2D eigenvalue weighted by atomic mass is 10.0. The fourth-order valence-electron chi connectivity index (χ4n) is 2.42. The van der Waals surface area contributed by atoms with E-state index in [1.54, 1.807) is 30.3 Å². The molecule has 5 nitrogen and oxygen atoms in total. The van der Waals surface area contributed by atoms with E-state index in [-0.39, 0.29) is 13.0 Å². The van der Waals surface area contributed by atoms with Gasteiger partial charge in [0.1, 0.15) is 12.8 Å². The van der Waals surface area contributed by atoms with Gasteiger partial charge in [-0.25, -0.2) is 9.18 Å². The number of amides is 2. The number of carbonyl (C=O) groups excluding carboxylic acids is 2. The van der Waals surface area contributed by atoms with Gasteiger partial charge in [-0.15, -0.1) is 0 Å². The van der Waals surface area contributed by atoms with Crippen LogP contribution in [0.1, 0.15) is 12.0 Å². The average Bonchev–Trinajstić information content (AvgIpc) is 2.51.